The van der Waals surface area contributed by atoms with Gasteiger partial charge in [0.25, 0.3) is 0 Å². The molecule has 1 aliphatic rings. The van der Waals surface area contributed by atoms with E-state index >= 15 is 0 Å². The number of rotatable bonds is 4. The van der Waals surface area contributed by atoms with Crippen molar-refractivity contribution in [2.45, 2.75) is 9.79 Å². The second kappa shape index (κ2) is 12.8. The summed E-state index contributed by atoms with van der Waals surface area (Å²) in [5, 5.41) is 8.38. The largest absolute Gasteiger partial charge is 0.452 e. The fraction of sp³-hybridized carbons (Fsp3) is 0. The van der Waals surface area contributed by atoms with Gasteiger partial charge in [0, 0.05) is 53.4 Å². The molecular weight excluding hydrogens is 777 g/mol. The van der Waals surface area contributed by atoms with Gasteiger partial charge in [0.15, 0.2) is 5.58 Å². The fourth-order valence-corrected chi connectivity index (χ4v) is 11.2. The lowest BCUT2D eigenvalue weighted by atomic mass is 9.94. The van der Waals surface area contributed by atoms with E-state index < -0.39 is 0 Å². The van der Waals surface area contributed by atoms with E-state index in [1.165, 1.54) is 53.5 Å². The van der Waals surface area contributed by atoms with E-state index in [2.05, 4.69) is 167 Å². The first-order valence-corrected chi connectivity index (χ1v) is 21.7. The Morgan fingerprint density at radius 2 is 1.06 bits per heavy atom. The van der Waals surface area contributed by atoms with Gasteiger partial charge >= 0.3 is 0 Å². The molecule has 0 fully saturated rings. The van der Waals surface area contributed by atoms with Gasteiger partial charge < -0.3 is 8.98 Å². The minimum atomic E-state index is 0.608. The molecule has 13 aromatic rings. The maximum absolute atomic E-state index is 6.46. The van der Waals surface area contributed by atoms with E-state index in [0.29, 0.717) is 11.5 Å². The first kappa shape index (κ1) is 33.9. The molecule has 9 aromatic carbocycles. The Labute approximate surface area is 359 Å². The van der Waals surface area contributed by atoms with E-state index in [-0.39, 0.29) is 0 Å². The standard InChI is InChI=1S/C56H32N4OS/c1-3-14-33(15-4-1)53-55-54(40-20-8-11-24-48(40)61-55)58-56(57-53)60-44-23-10-7-18-37(44)42-30-34(26-28-45(42)60)35-27-29-46-43(31-35)51-41-22-13-21-39-38-19-9-12-25-49(38)62-50(52(39)41)32-47(51)59(46)36-16-5-2-6-17-36/h1-32H. The van der Waals surface area contributed by atoms with Crippen LogP contribution in [-0.4, -0.2) is 19.1 Å². The highest BCUT2D eigenvalue weighted by Crippen LogP contribution is 2.51. The first-order chi connectivity index (χ1) is 30.7. The van der Waals surface area contributed by atoms with Crippen molar-refractivity contribution in [2.24, 2.45) is 0 Å². The van der Waals surface area contributed by atoms with Crippen molar-refractivity contribution in [1.82, 2.24) is 19.1 Å². The van der Waals surface area contributed by atoms with Crippen LogP contribution in [0.5, 0.6) is 0 Å². The Bertz CT molecular complexity index is 4010. The minimum absolute atomic E-state index is 0.608. The maximum Gasteiger partial charge on any atom is 0.236 e. The Hall–Kier alpha value is -7.93. The van der Waals surface area contributed by atoms with Crippen molar-refractivity contribution in [1.29, 1.82) is 0 Å². The van der Waals surface area contributed by atoms with Gasteiger partial charge in [-0.3, -0.25) is 4.57 Å². The van der Waals surface area contributed by atoms with Crippen LogP contribution < -0.4 is 0 Å². The van der Waals surface area contributed by atoms with Crippen molar-refractivity contribution in [3.63, 3.8) is 0 Å². The van der Waals surface area contributed by atoms with Crippen LogP contribution in [0.2, 0.25) is 0 Å². The predicted octanol–water partition coefficient (Wildman–Crippen LogP) is 15.2. The normalized spacial score (nSPS) is 12.5. The van der Waals surface area contributed by atoms with E-state index in [4.69, 9.17) is 14.4 Å². The van der Waals surface area contributed by atoms with Crippen LogP contribution in [0.1, 0.15) is 0 Å². The number of furan rings is 1. The lowest BCUT2D eigenvalue weighted by molar-refractivity contribution is 0.666. The van der Waals surface area contributed by atoms with Gasteiger partial charge in [0.1, 0.15) is 16.8 Å². The number of hydrogen-bond donors (Lipinski definition) is 0. The van der Waals surface area contributed by atoms with Gasteiger partial charge in [-0.2, -0.15) is 0 Å². The van der Waals surface area contributed by atoms with E-state index in [1.807, 2.05) is 48.2 Å². The zero-order valence-corrected chi connectivity index (χ0v) is 33.9. The molecule has 0 aliphatic carbocycles. The van der Waals surface area contributed by atoms with E-state index in [1.54, 1.807) is 0 Å². The Balaban J connectivity index is 1.00. The van der Waals surface area contributed by atoms with Gasteiger partial charge in [0.2, 0.25) is 5.95 Å². The number of nitrogens with zero attached hydrogens (tertiary/aromatic N) is 4. The molecule has 5 heterocycles. The molecule has 14 rings (SSSR count). The highest BCUT2D eigenvalue weighted by Gasteiger charge is 2.25. The lowest BCUT2D eigenvalue weighted by Gasteiger charge is -2.21. The quantitative estimate of drug-likeness (QED) is 0.178. The molecule has 0 atom stereocenters. The molecule has 0 spiro atoms. The zero-order chi connectivity index (χ0) is 40.5. The summed E-state index contributed by atoms with van der Waals surface area (Å²) in [6.07, 6.45) is 0. The first-order valence-electron chi connectivity index (χ1n) is 20.9. The monoisotopic (exact) mass is 808 g/mol. The van der Waals surface area contributed by atoms with Crippen LogP contribution in [0, 0.1) is 0 Å². The van der Waals surface area contributed by atoms with E-state index in [0.717, 1.165) is 66.4 Å². The maximum atomic E-state index is 6.46. The average molecular weight is 809 g/mol. The predicted molar refractivity (Wildman–Crippen MR) is 256 cm³/mol. The highest BCUT2D eigenvalue weighted by molar-refractivity contribution is 7.99. The highest BCUT2D eigenvalue weighted by atomic mass is 32.2. The van der Waals surface area contributed by atoms with Gasteiger partial charge in [0.05, 0.1) is 22.1 Å². The molecule has 4 aromatic heterocycles. The fourth-order valence-electron chi connectivity index (χ4n) is 10.0. The van der Waals surface area contributed by atoms with Gasteiger partial charge in [-0.25, -0.2) is 9.97 Å². The molecule has 0 unspecified atom stereocenters. The van der Waals surface area contributed by atoms with Crippen molar-refractivity contribution in [3.05, 3.63) is 194 Å². The van der Waals surface area contributed by atoms with Gasteiger partial charge in [-0.1, -0.05) is 139 Å². The Kier molecular flexibility index (Phi) is 6.98. The average Bonchev–Trinajstić information content (AvgIpc) is 3.99. The molecule has 0 N–H and O–H groups in total. The third-order valence-electron chi connectivity index (χ3n) is 12.7. The molecule has 0 amide bonds. The van der Waals surface area contributed by atoms with Crippen LogP contribution in [0.3, 0.4) is 0 Å². The lowest BCUT2D eigenvalue weighted by Crippen LogP contribution is -2.02. The van der Waals surface area contributed by atoms with Gasteiger partial charge in [-0.05, 0) is 94.4 Å². The molecular formula is C56H32N4OS. The van der Waals surface area contributed by atoms with Crippen LogP contribution >= 0.6 is 11.8 Å². The molecule has 1 aliphatic heterocycles. The third-order valence-corrected chi connectivity index (χ3v) is 13.8. The topological polar surface area (TPSA) is 48.8 Å². The number of benzene rings is 9. The van der Waals surface area contributed by atoms with Crippen LogP contribution in [0.15, 0.2) is 208 Å². The van der Waals surface area contributed by atoms with Gasteiger partial charge in [-0.15, -0.1) is 0 Å². The second-order valence-electron chi connectivity index (χ2n) is 16.1. The summed E-state index contributed by atoms with van der Waals surface area (Å²) < 4.78 is 11.1. The summed E-state index contributed by atoms with van der Waals surface area (Å²) in [5.41, 5.74) is 14.6. The summed E-state index contributed by atoms with van der Waals surface area (Å²) in [4.78, 5) is 13.2. The summed E-state index contributed by atoms with van der Waals surface area (Å²) >= 11 is 1.88. The van der Waals surface area contributed by atoms with Crippen molar-refractivity contribution < 1.29 is 4.42 Å². The summed E-state index contributed by atoms with van der Waals surface area (Å²) in [7, 11) is 0. The van der Waals surface area contributed by atoms with Crippen LogP contribution in [-0.2, 0) is 0 Å². The smallest absolute Gasteiger partial charge is 0.236 e. The van der Waals surface area contributed by atoms with E-state index in [9.17, 15) is 0 Å². The third kappa shape index (κ3) is 4.75. The molecule has 6 heteroatoms. The van der Waals surface area contributed by atoms with Crippen LogP contribution in [0.4, 0.5) is 0 Å². The Morgan fingerprint density at radius 1 is 0.403 bits per heavy atom. The summed E-state index contributed by atoms with van der Waals surface area (Å²) in [6.45, 7) is 0. The number of aromatic nitrogens is 4. The SMILES string of the molecule is c1ccc(-c2nc(-n3c4ccccc4c4cc(-c5ccc6c(c5)c5c7cccc8c7c(cc5n6-c5ccccc5)Sc5ccccc5-8)ccc43)nc3c2oc2ccccc23)cc1. The number of fused-ring (bicyclic) bond motifs is 12. The Morgan fingerprint density at radius 3 is 1.92 bits per heavy atom. The molecule has 288 valence electrons. The molecule has 0 radical (unpaired) electrons. The number of hydrogen-bond acceptors (Lipinski definition) is 4. The van der Waals surface area contributed by atoms with Crippen LogP contribution in [0.25, 0.3) is 122 Å². The van der Waals surface area contributed by atoms with Crippen molar-refractivity contribution >= 4 is 88.2 Å². The van der Waals surface area contributed by atoms with Crippen molar-refractivity contribution in [2.75, 3.05) is 0 Å². The molecule has 0 saturated carbocycles. The molecule has 0 bridgehead atoms. The zero-order valence-electron chi connectivity index (χ0n) is 33.1. The summed E-state index contributed by atoms with van der Waals surface area (Å²) in [6, 6.07) is 69.6. The molecule has 5 nitrogen and oxygen atoms in total. The number of para-hydroxylation sites is 3. The summed E-state index contributed by atoms with van der Waals surface area (Å²) in [5.74, 6) is 0.608. The molecule has 62 heavy (non-hydrogen) atoms. The molecule has 0 saturated heterocycles. The van der Waals surface area contributed by atoms with Crippen molar-refractivity contribution in [3.8, 4) is 45.1 Å². The minimum Gasteiger partial charge on any atom is -0.452 e. The second-order valence-corrected chi connectivity index (χ2v) is 17.2.